The van der Waals surface area contributed by atoms with Crippen LogP contribution in [-0.4, -0.2) is 34.0 Å². The van der Waals surface area contributed by atoms with Crippen molar-refractivity contribution in [2.24, 2.45) is 5.73 Å². The van der Waals surface area contributed by atoms with Gasteiger partial charge in [0.05, 0.1) is 6.54 Å². The van der Waals surface area contributed by atoms with E-state index < -0.39 is 0 Å². The van der Waals surface area contributed by atoms with Gasteiger partial charge in [0.15, 0.2) is 5.69 Å². The molecule has 0 spiro atoms. The molecular weight excluding hydrogens is 272 g/mol. The number of benzene rings is 1. The summed E-state index contributed by atoms with van der Waals surface area (Å²) in [7, 11) is 1.74. The van der Waals surface area contributed by atoms with E-state index in [1.165, 1.54) is 0 Å². The molecule has 5 nitrogen and oxygen atoms in total. The van der Waals surface area contributed by atoms with Crippen LogP contribution < -0.4 is 5.73 Å². The molecule has 0 fully saturated rings. The zero-order valence-electron chi connectivity index (χ0n) is 11.0. The van der Waals surface area contributed by atoms with Gasteiger partial charge in [-0.15, -0.1) is 5.10 Å². The molecule has 2 rings (SSSR count). The molecule has 0 aliphatic rings. The number of nitrogens with two attached hydrogens (primary N) is 1. The van der Waals surface area contributed by atoms with Crippen LogP contribution in [-0.2, 0) is 6.54 Å². The molecule has 1 aromatic heterocycles. The molecule has 1 amide bonds. The van der Waals surface area contributed by atoms with E-state index in [1.54, 1.807) is 17.3 Å². The Labute approximate surface area is 121 Å². The monoisotopic (exact) mass is 286 g/mol. The fourth-order valence-electron chi connectivity index (χ4n) is 1.70. The van der Waals surface area contributed by atoms with Crippen molar-refractivity contribution >= 4 is 17.4 Å². The van der Waals surface area contributed by atoms with Crippen molar-refractivity contribution in [2.45, 2.75) is 6.54 Å². The van der Waals surface area contributed by atoms with Crippen LogP contribution in [0.3, 0.4) is 0 Å². The summed E-state index contributed by atoms with van der Waals surface area (Å²) in [5, 5.41) is 5.42. The minimum Gasteiger partial charge on any atom is -0.336 e. The quantitative estimate of drug-likeness (QED) is 0.858. The van der Waals surface area contributed by atoms with Gasteiger partial charge in [0.1, 0.15) is 0 Å². The number of hydrogen-bond acceptors (Lipinski definition) is 5. The van der Waals surface area contributed by atoms with Crippen molar-refractivity contribution in [3.63, 3.8) is 0 Å². The van der Waals surface area contributed by atoms with Crippen molar-refractivity contribution in [3.8, 4) is 11.8 Å². The van der Waals surface area contributed by atoms with Crippen LogP contribution in [0.5, 0.6) is 0 Å². The smallest absolute Gasteiger partial charge is 0.275 e. The first-order chi connectivity index (χ1) is 9.70. The Balaban J connectivity index is 2.08. The molecule has 6 heteroatoms. The highest BCUT2D eigenvalue weighted by molar-refractivity contribution is 7.03. The SMILES string of the molecule is CN(Cc1cccc(C#CCN)c1)C(=O)c1csnn1. The second-order valence-electron chi connectivity index (χ2n) is 4.16. The Morgan fingerprint density at radius 3 is 3.05 bits per heavy atom. The van der Waals surface area contributed by atoms with Gasteiger partial charge in [0.2, 0.25) is 0 Å². The van der Waals surface area contributed by atoms with Gasteiger partial charge in [-0.25, -0.2) is 0 Å². The van der Waals surface area contributed by atoms with Crippen LogP contribution >= 0.6 is 11.5 Å². The van der Waals surface area contributed by atoms with E-state index in [9.17, 15) is 4.79 Å². The highest BCUT2D eigenvalue weighted by Gasteiger charge is 2.14. The Hall–Kier alpha value is -2.23. The lowest BCUT2D eigenvalue weighted by atomic mass is 10.1. The lowest BCUT2D eigenvalue weighted by Crippen LogP contribution is -2.26. The van der Waals surface area contributed by atoms with Gasteiger partial charge >= 0.3 is 0 Å². The van der Waals surface area contributed by atoms with Gasteiger partial charge in [0.25, 0.3) is 5.91 Å². The van der Waals surface area contributed by atoms with Gasteiger partial charge in [-0.2, -0.15) is 0 Å². The largest absolute Gasteiger partial charge is 0.336 e. The molecule has 0 saturated carbocycles. The minimum atomic E-state index is -0.141. The number of hydrogen-bond donors (Lipinski definition) is 1. The summed E-state index contributed by atoms with van der Waals surface area (Å²) in [4.78, 5) is 13.7. The first-order valence-electron chi connectivity index (χ1n) is 6.01. The topological polar surface area (TPSA) is 72.1 Å². The molecule has 1 heterocycles. The van der Waals surface area contributed by atoms with Crippen LogP contribution in [0.15, 0.2) is 29.6 Å². The lowest BCUT2D eigenvalue weighted by molar-refractivity contribution is 0.0779. The molecule has 2 aromatic rings. The second-order valence-corrected chi connectivity index (χ2v) is 4.77. The third-order valence-electron chi connectivity index (χ3n) is 2.61. The van der Waals surface area contributed by atoms with E-state index in [0.717, 1.165) is 22.7 Å². The van der Waals surface area contributed by atoms with E-state index >= 15 is 0 Å². The lowest BCUT2D eigenvalue weighted by Gasteiger charge is -2.15. The molecule has 0 aliphatic heterocycles. The fourth-order valence-corrected chi connectivity index (χ4v) is 2.13. The molecule has 0 saturated heterocycles. The molecule has 0 aliphatic carbocycles. The molecule has 2 N–H and O–H groups in total. The van der Waals surface area contributed by atoms with Gasteiger partial charge in [-0.1, -0.05) is 28.5 Å². The number of rotatable bonds is 3. The molecule has 0 radical (unpaired) electrons. The summed E-state index contributed by atoms with van der Waals surface area (Å²) in [6, 6.07) is 7.74. The van der Waals surface area contributed by atoms with Crippen LogP contribution in [0.4, 0.5) is 0 Å². The predicted octanol–water partition coefficient (Wildman–Crippen LogP) is 1.12. The fraction of sp³-hybridized carbons (Fsp3) is 0.214. The summed E-state index contributed by atoms with van der Waals surface area (Å²) < 4.78 is 3.69. The molecule has 1 aromatic carbocycles. The normalized spacial score (nSPS) is 9.70. The van der Waals surface area contributed by atoms with Crippen LogP contribution in [0.1, 0.15) is 21.6 Å². The van der Waals surface area contributed by atoms with Crippen molar-refractivity contribution in [2.75, 3.05) is 13.6 Å². The van der Waals surface area contributed by atoms with Crippen molar-refractivity contribution in [3.05, 3.63) is 46.5 Å². The molecular formula is C14H14N4OS. The van der Waals surface area contributed by atoms with E-state index in [0.29, 0.717) is 18.8 Å². The van der Waals surface area contributed by atoms with Crippen molar-refractivity contribution in [1.29, 1.82) is 0 Å². The Bertz CT molecular complexity index is 643. The Kier molecular flexibility index (Phi) is 4.82. The average Bonchev–Trinajstić information content (AvgIpc) is 2.98. The minimum absolute atomic E-state index is 0.141. The predicted molar refractivity (Wildman–Crippen MR) is 78.1 cm³/mol. The van der Waals surface area contributed by atoms with E-state index in [2.05, 4.69) is 21.4 Å². The van der Waals surface area contributed by atoms with Crippen LogP contribution in [0.2, 0.25) is 0 Å². The summed E-state index contributed by atoms with van der Waals surface area (Å²) in [6.45, 7) is 0.827. The maximum atomic E-state index is 12.1. The summed E-state index contributed by atoms with van der Waals surface area (Å²) in [5.74, 6) is 5.64. The number of nitrogens with zero attached hydrogens (tertiary/aromatic N) is 3. The van der Waals surface area contributed by atoms with Gasteiger partial charge in [-0.3, -0.25) is 4.79 Å². The summed E-state index contributed by atoms with van der Waals surface area (Å²) >= 11 is 1.16. The third-order valence-corrected chi connectivity index (χ3v) is 3.11. The molecule has 0 bridgehead atoms. The zero-order valence-corrected chi connectivity index (χ0v) is 11.9. The summed E-state index contributed by atoms with van der Waals surface area (Å²) in [6.07, 6.45) is 0. The van der Waals surface area contributed by atoms with Crippen molar-refractivity contribution in [1.82, 2.24) is 14.5 Å². The van der Waals surface area contributed by atoms with Crippen molar-refractivity contribution < 1.29 is 4.79 Å². The first kappa shape index (κ1) is 14.2. The average molecular weight is 286 g/mol. The van der Waals surface area contributed by atoms with E-state index in [-0.39, 0.29) is 5.91 Å². The van der Waals surface area contributed by atoms with E-state index in [1.807, 2.05) is 24.3 Å². The van der Waals surface area contributed by atoms with E-state index in [4.69, 9.17) is 5.73 Å². The standard InChI is InChI=1S/C14H14N4OS/c1-18(14(19)13-10-20-17-16-13)9-12-5-2-4-11(8-12)6-3-7-15/h2,4-5,8,10H,7,9,15H2,1H3. The highest BCUT2D eigenvalue weighted by Crippen LogP contribution is 2.09. The van der Waals surface area contributed by atoms with Gasteiger partial charge in [0, 0.05) is 24.5 Å². The molecule has 20 heavy (non-hydrogen) atoms. The second kappa shape index (κ2) is 6.80. The molecule has 0 unspecified atom stereocenters. The third kappa shape index (κ3) is 3.63. The molecule has 102 valence electrons. The highest BCUT2D eigenvalue weighted by atomic mass is 32.1. The number of amides is 1. The maximum absolute atomic E-state index is 12.1. The van der Waals surface area contributed by atoms with Crippen LogP contribution in [0, 0.1) is 11.8 Å². The number of aromatic nitrogens is 2. The molecule has 0 atom stereocenters. The number of carbonyl (C=O) groups excluding carboxylic acids is 1. The maximum Gasteiger partial charge on any atom is 0.275 e. The summed E-state index contributed by atoms with van der Waals surface area (Å²) in [5.41, 5.74) is 7.62. The number of carbonyl (C=O) groups is 1. The Morgan fingerprint density at radius 1 is 1.50 bits per heavy atom. The first-order valence-corrected chi connectivity index (χ1v) is 6.85. The van der Waals surface area contributed by atoms with Crippen LogP contribution in [0.25, 0.3) is 0 Å². The van der Waals surface area contributed by atoms with Gasteiger partial charge in [-0.05, 0) is 29.2 Å². The van der Waals surface area contributed by atoms with Gasteiger partial charge < -0.3 is 10.6 Å². The zero-order chi connectivity index (χ0) is 14.4. The Morgan fingerprint density at radius 2 is 2.35 bits per heavy atom.